The van der Waals surface area contributed by atoms with E-state index in [0.717, 1.165) is 48.1 Å². The second kappa shape index (κ2) is 11.1. The van der Waals surface area contributed by atoms with E-state index >= 15 is 0 Å². The molecule has 2 aromatic heterocycles. The molecule has 3 heterocycles. The van der Waals surface area contributed by atoms with Crippen LogP contribution in [0.15, 0.2) is 63.6 Å². The van der Waals surface area contributed by atoms with Gasteiger partial charge in [-0.05, 0) is 31.4 Å². The van der Waals surface area contributed by atoms with Crippen molar-refractivity contribution in [1.29, 1.82) is 0 Å². The number of likely N-dealkylation sites (tertiary alicyclic amines) is 1. The zero-order valence-corrected chi connectivity index (χ0v) is 20.7. The normalized spacial score (nSPS) is 17.1. The van der Waals surface area contributed by atoms with Gasteiger partial charge in [-0.2, -0.15) is 4.98 Å². The summed E-state index contributed by atoms with van der Waals surface area (Å²) in [7, 11) is 0. The summed E-state index contributed by atoms with van der Waals surface area (Å²) in [5, 5.41) is 28.4. The minimum atomic E-state index is -0.772. The van der Waals surface area contributed by atoms with E-state index < -0.39 is 12.1 Å². The Bertz CT molecular complexity index is 1330. The molecule has 192 valence electrons. The molecule has 4 aromatic rings. The van der Waals surface area contributed by atoms with Crippen LogP contribution in [0, 0.1) is 5.92 Å². The van der Waals surface area contributed by atoms with Gasteiger partial charge in [-0.1, -0.05) is 78.3 Å². The molecule has 0 bridgehead atoms. The summed E-state index contributed by atoms with van der Waals surface area (Å²) in [5.41, 5.74) is 3.93. The van der Waals surface area contributed by atoms with Crippen molar-refractivity contribution in [1.82, 2.24) is 20.2 Å². The van der Waals surface area contributed by atoms with Gasteiger partial charge in [0.1, 0.15) is 0 Å². The lowest BCUT2D eigenvalue weighted by molar-refractivity contribution is -0.143. The number of aliphatic hydroxyl groups excluding tert-OH is 1. The molecule has 9 heteroatoms. The summed E-state index contributed by atoms with van der Waals surface area (Å²) >= 11 is 0. The topological polar surface area (TPSA) is 126 Å². The van der Waals surface area contributed by atoms with Gasteiger partial charge >= 0.3 is 5.97 Å². The number of aliphatic hydroxyl groups is 1. The molecule has 2 atom stereocenters. The molecule has 0 radical (unpaired) electrons. The fourth-order valence-corrected chi connectivity index (χ4v) is 4.84. The fourth-order valence-electron chi connectivity index (χ4n) is 4.84. The maximum absolute atomic E-state index is 11.3. The summed E-state index contributed by atoms with van der Waals surface area (Å²) in [6.07, 6.45) is 2.46. The third-order valence-corrected chi connectivity index (χ3v) is 6.79. The molecule has 1 saturated heterocycles. The first-order chi connectivity index (χ1) is 18.0. The number of piperidine rings is 1. The number of β-amino-alcohol motifs (C(OH)–C–C–N with tert-alkyl or cyclic N) is 1. The lowest BCUT2D eigenvalue weighted by atomic mass is 9.97. The number of carbonyl (C=O) groups is 1. The van der Waals surface area contributed by atoms with Crippen LogP contribution < -0.4 is 0 Å². The summed E-state index contributed by atoms with van der Waals surface area (Å²) in [5.74, 6) is 0.280. The lowest BCUT2D eigenvalue weighted by Gasteiger charge is -2.32. The second-order valence-corrected chi connectivity index (χ2v) is 9.45. The van der Waals surface area contributed by atoms with E-state index in [1.165, 1.54) is 0 Å². The van der Waals surface area contributed by atoms with E-state index in [9.17, 15) is 15.0 Å². The molecule has 2 unspecified atom stereocenters. The highest BCUT2D eigenvalue weighted by molar-refractivity contribution is 5.70. The van der Waals surface area contributed by atoms with Gasteiger partial charge in [-0.15, -0.1) is 0 Å². The minimum absolute atomic E-state index is 0.298. The standard InChI is InChI=1S/C28H30N4O5/c1-2-7-22-24(30-36-25(22)19-8-4-3-5-9-19)27-29-26(31-37-27)20-13-11-18(12-14-20)23(33)17-32-15-6-10-21(16-32)28(34)35/h3-5,8-9,11-14,21,23,33H,2,6-7,10,15-17H2,1H3,(H,34,35). The van der Waals surface area contributed by atoms with Crippen molar-refractivity contribution in [2.75, 3.05) is 19.6 Å². The molecule has 37 heavy (non-hydrogen) atoms. The summed E-state index contributed by atoms with van der Waals surface area (Å²) in [4.78, 5) is 17.9. The molecule has 1 aliphatic heterocycles. The molecule has 9 nitrogen and oxygen atoms in total. The number of aliphatic carboxylic acids is 1. The summed E-state index contributed by atoms with van der Waals surface area (Å²) in [6, 6.07) is 17.2. The smallest absolute Gasteiger partial charge is 0.307 e. The van der Waals surface area contributed by atoms with E-state index in [1.807, 2.05) is 59.5 Å². The predicted octanol–water partition coefficient (Wildman–Crippen LogP) is 4.84. The van der Waals surface area contributed by atoms with E-state index in [0.29, 0.717) is 42.7 Å². The monoisotopic (exact) mass is 502 g/mol. The number of hydrogen-bond donors (Lipinski definition) is 2. The first kappa shape index (κ1) is 24.9. The van der Waals surface area contributed by atoms with Crippen molar-refractivity contribution in [2.24, 2.45) is 5.92 Å². The van der Waals surface area contributed by atoms with E-state index in [4.69, 9.17) is 9.05 Å². The van der Waals surface area contributed by atoms with Gasteiger partial charge in [0.2, 0.25) is 5.82 Å². The SMILES string of the molecule is CCCc1c(-c2nc(-c3ccc(C(O)CN4CCCC(C(=O)O)C4)cc3)no2)noc1-c1ccccc1. The lowest BCUT2D eigenvalue weighted by Crippen LogP contribution is -2.40. The van der Waals surface area contributed by atoms with Gasteiger partial charge in [0.25, 0.3) is 5.89 Å². The molecule has 1 fully saturated rings. The Morgan fingerprint density at radius 3 is 2.59 bits per heavy atom. The number of rotatable bonds is 9. The summed E-state index contributed by atoms with van der Waals surface area (Å²) < 4.78 is 11.2. The van der Waals surface area contributed by atoms with Crippen LogP contribution in [-0.4, -0.2) is 56.0 Å². The van der Waals surface area contributed by atoms with Crippen LogP contribution in [0.3, 0.4) is 0 Å². The van der Waals surface area contributed by atoms with E-state index in [-0.39, 0.29) is 5.92 Å². The van der Waals surface area contributed by atoms with Gasteiger partial charge in [0.05, 0.1) is 12.0 Å². The molecule has 2 aromatic carbocycles. The molecular weight excluding hydrogens is 472 g/mol. The number of nitrogens with zero attached hydrogens (tertiary/aromatic N) is 4. The first-order valence-electron chi connectivity index (χ1n) is 12.6. The quantitative estimate of drug-likeness (QED) is 0.330. The molecule has 0 spiro atoms. The van der Waals surface area contributed by atoms with Gasteiger partial charge < -0.3 is 19.3 Å². The van der Waals surface area contributed by atoms with Crippen molar-refractivity contribution in [3.05, 3.63) is 65.7 Å². The number of hydrogen-bond acceptors (Lipinski definition) is 8. The third kappa shape index (κ3) is 5.47. The zero-order valence-electron chi connectivity index (χ0n) is 20.7. The minimum Gasteiger partial charge on any atom is -0.481 e. The molecular formula is C28H30N4O5. The highest BCUT2D eigenvalue weighted by Crippen LogP contribution is 2.33. The van der Waals surface area contributed by atoms with Crippen LogP contribution in [0.4, 0.5) is 0 Å². The van der Waals surface area contributed by atoms with Crippen LogP contribution in [0.1, 0.15) is 43.4 Å². The van der Waals surface area contributed by atoms with Crippen molar-refractivity contribution in [3.63, 3.8) is 0 Å². The highest BCUT2D eigenvalue weighted by atomic mass is 16.5. The Hall–Kier alpha value is -3.82. The average Bonchev–Trinajstić information content (AvgIpc) is 3.57. The van der Waals surface area contributed by atoms with Crippen LogP contribution in [0.2, 0.25) is 0 Å². The van der Waals surface area contributed by atoms with Gasteiger partial charge in [0, 0.05) is 29.8 Å². The van der Waals surface area contributed by atoms with Gasteiger partial charge in [-0.3, -0.25) is 9.69 Å². The Balaban J connectivity index is 1.30. The van der Waals surface area contributed by atoms with Crippen LogP contribution in [-0.2, 0) is 11.2 Å². The molecule has 2 N–H and O–H groups in total. The number of carboxylic acid groups (broad SMARTS) is 1. The average molecular weight is 503 g/mol. The van der Waals surface area contributed by atoms with E-state index in [1.54, 1.807) is 0 Å². The maximum atomic E-state index is 11.3. The van der Waals surface area contributed by atoms with Crippen LogP contribution in [0.25, 0.3) is 34.3 Å². The first-order valence-corrected chi connectivity index (χ1v) is 12.6. The molecule has 0 aliphatic carbocycles. The van der Waals surface area contributed by atoms with Crippen molar-refractivity contribution >= 4 is 5.97 Å². The number of carboxylic acids is 1. The van der Waals surface area contributed by atoms with Crippen molar-refractivity contribution in [3.8, 4) is 34.3 Å². The fraction of sp³-hybridized carbons (Fsp3) is 0.357. The molecule has 5 rings (SSSR count). The largest absolute Gasteiger partial charge is 0.481 e. The Labute approximate surface area is 214 Å². The second-order valence-electron chi connectivity index (χ2n) is 9.45. The number of benzene rings is 2. The Kier molecular flexibility index (Phi) is 7.43. The van der Waals surface area contributed by atoms with Gasteiger partial charge in [-0.25, -0.2) is 0 Å². The third-order valence-electron chi connectivity index (χ3n) is 6.79. The molecule has 0 amide bonds. The Morgan fingerprint density at radius 2 is 1.86 bits per heavy atom. The van der Waals surface area contributed by atoms with Gasteiger partial charge in [0.15, 0.2) is 11.5 Å². The molecule has 0 saturated carbocycles. The Morgan fingerprint density at radius 1 is 1.08 bits per heavy atom. The van der Waals surface area contributed by atoms with Crippen molar-refractivity contribution in [2.45, 2.75) is 38.7 Å². The predicted molar refractivity (Wildman–Crippen MR) is 136 cm³/mol. The van der Waals surface area contributed by atoms with Crippen molar-refractivity contribution < 1.29 is 24.1 Å². The highest BCUT2D eigenvalue weighted by Gasteiger charge is 2.27. The van der Waals surface area contributed by atoms with Crippen LogP contribution in [0.5, 0.6) is 0 Å². The number of aromatic nitrogens is 3. The van der Waals surface area contributed by atoms with E-state index in [2.05, 4.69) is 22.2 Å². The zero-order chi connectivity index (χ0) is 25.8. The van der Waals surface area contributed by atoms with Crippen LogP contribution >= 0.6 is 0 Å². The summed E-state index contributed by atoms with van der Waals surface area (Å²) in [6.45, 7) is 3.74. The molecule has 1 aliphatic rings. The maximum Gasteiger partial charge on any atom is 0.307 e.